The average Bonchev–Trinajstić information content (AvgIpc) is 2.82. The molecule has 1 aliphatic rings. The molecule has 1 aromatic rings. The third-order valence-electron chi connectivity index (χ3n) is 2.93. The Morgan fingerprint density at radius 2 is 2.44 bits per heavy atom. The van der Waals surface area contributed by atoms with Gasteiger partial charge in [-0.25, -0.2) is 0 Å². The molecule has 1 N–H and O–H groups in total. The van der Waals surface area contributed by atoms with E-state index in [9.17, 15) is 0 Å². The lowest BCUT2D eigenvalue weighted by Crippen LogP contribution is -2.31. The van der Waals surface area contributed by atoms with Gasteiger partial charge in [-0.3, -0.25) is 0 Å². The molecule has 0 radical (unpaired) electrons. The van der Waals surface area contributed by atoms with Crippen molar-refractivity contribution in [3.05, 3.63) is 35.4 Å². The van der Waals surface area contributed by atoms with Gasteiger partial charge in [0.05, 0.1) is 11.6 Å². The number of hydrogen-bond donors (Lipinski definition) is 1. The Morgan fingerprint density at radius 3 is 3.12 bits per heavy atom. The van der Waals surface area contributed by atoms with Crippen molar-refractivity contribution >= 4 is 11.8 Å². The van der Waals surface area contributed by atoms with E-state index in [-0.39, 0.29) is 0 Å². The summed E-state index contributed by atoms with van der Waals surface area (Å²) in [7, 11) is 0. The Bertz CT molecular complexity index is 391. The first-order valence-electron chi connectivity index (χ1n) is 5.63. The van der Waals surface area contributed by atoms with Crippen LogP contribution in [0.2, 0.25) is 0 Å². The van der Waals surface area contributed by atoms with E-state index >= 15 is 0 Å². The molecule has 2 rings (SSSR count). The van der Waals surface area contributed by atoms with Gasteiger partial charge >= 0.3 is 0 Å². The number of nitrogens with zero attached hydrogens (tertiary/aromatic N) is 1. The summed E-state index contributed by atoms with van der Waals surface area (Å²) < 4.78 is 0. The Balaban J connectivity index is 2.02. The van der Waals surface area contributed by atoms with E-state index in [4.69, 9.17) is 5.26 Å². The first-order valence-corrected chi connectivity index (χ1v) is 6.79. The summed E-state index contributed by atoms with van der Waals surface area (Å²) in [6.07, 6.45) is 1.26. The highest BCUT2D eigenvalue weighted by Gasteiger charge is 2.17. The molecule has 3 heteroatoms. The summed E-state index contributed by atoms with van der Waals surface area (Å²) in [5.41, 5.74) is 1.95. The Labute approximate surface area is 101 Å². The fraction of sp³-hybridized carbons (Fsp3) is 0.462. The lowest BCUT2D eigenvalue weighted by molar-refractivity contribution is 0.486. The van der Waals surface area contributed by atoms with Gasteiger partial charge in [-0.2, -0.15) is 17.0 Å². The summed E-state index contributed by atoms with van der Waals surface area (Å²) in [6.45, 7) is 2.17. The first-order chi connectivity index (χ1) is 7.79. The lowest BCUT2D eigenvalue weighted by atomic mass is 10.0. The number of thioether (sulfide) groups is 1. The topological polar surface area (TPSA) is 35.8 Å². The Hall–Kier alpha value is -0.980. The van der Waals surface area contributed by atoms with E-state index in [1.807, 2.05) is 30.0 Å². The van der Waals surface area contributed by atoms with Crippen molar-refractivity contribution in [2.24, 2.45) is 0 Å². The van der Waals surface area contributed by atoms with E-state index in [0.29, 0.717) is 12.1 Å². The fourth-order valence-electron chi connectivity index (χ4n) is 1.99. The number of benzene rings is 1. The standard InChI is InChI=1S/C13H16N2S/c1-10(15-13-5-6-16-9-13)12-4-2-3-11(7-12)8-14/h2-4,7,10,13,15H,5-6,9H2,1H3. The third kappa shape index (κ3) is 2.78. The highest BCUT2D eigenvalue weighted by Crippen LogP contribution is 2.21. The molecule has 0 aliphatic carbocycles. The molecule has 1 aromatic carbocycles. The van der Waals surface area contributed by atoms with Gasteiger partial charge in [0.2, 0.25) is 0 Å². The van der Waals surface area contributed by atoms with Crippen LogP contribution in [-0.2, 0) is 0 Å². The minimum atomic E-state index is 0.331. The molecule has 1 fully saturated rings. The third-order valence-corrected chi connectivity index (χ3v) is 4.09. The second-order valence-corrected chi connectivity index (χ2v) is 5.34. The molecule has 2 atom stereocenters. The molecule has 1 aliphatic heterocycles. The van der Waals surface area contributed by atoms with Crippen molar-refractivity contribution in [1.29, 1.82) is 5.26 Å². The molecular formula is C13H16N2S. The van der Waals surface area contributed by atoms with Crippen molar-refractivity contribution in [3.8, 4) is 6.07 Å². The van der Waals surface area contributed by atoms with E-state index in [1.165, 1.54) is 23.5 Å². The molecule has 1 heterocycles. The van der Waals surface area contributed by atoms with Crippen molar-refractivity contribution in [2.45, 2.75) is 25.4 Å². The molecule has 0 aromatic heterocycles. The maximum atomic E-state index is 8.85. The summed E-state index contributed by atoms with van der Waals surface area (Å²) >= 11 is 2.01. The molecule has 0 spiro atoms. The largest absolute Gasteiger partial charge is 0.307 e. The first kappa shape index (κ1) is 11.5. The van der Waals surface area contributed by atoms with Gasteiger partial charge in [0.1, 0.15) is 0 Å². The minimum Gasteiger partial charge on any atom is -0.307 e. The van der Waals surface area contributed by atoms with Gasteiger partial charge in [-0.05, 0) is 36.8 Å². The lowest BCUT2D eigenvalue weighted by Gasteiger charge is -2.19. The highest BCUT2D eigenvalue weighted by atomic mass is 32.2. The molecule has 0 amide bonds. The Kier molecular flexibility index (Phi) is 3.87. The normalized spacial score (nSPS) is 21.6. The fourth-order valence-corrected chi connectivity index (χ4v) is 3.16. The number of nitrogens with one attached hydrogen (secondary N) is 1. The maximum absolute atomic E-state index is 8.85. The molecule has 1 saturated heterocycles. The van der Waals surface area contributed by atoms with Crippen molar-refractivity contribution < 1.29 is 0 Å². The van der Waals surface area contributed by atoms with E-state index in [2.05, 4.69) is 24.4 Å². The van der Waals surface area contributed by atoms with Gasteiger partial charge in [0.15, 0.2) is 0 Å². The smallest absolute Gasteiger partial charge is 0.0991 e. The second-order valence-electron chi connectivity index (χ2n) is 4.19. The van der Waals surface area contributed by atoms with Gasteiger partial charge in [-0.15, -0.1) is 0 Å². The summed E-state index contributed by atoms with van der Waals surface area (Å²) in [5.74, 6) is 2.48. The number of nitriles is 1. The zero-order valence-electron chi connectivity index (χ0n) is 9.44. The van der Waals surface area contributed by atoms with E-state index in [0.717, 1.165) is 5.56 Å². The SMILES string of the molecule is CC(NC1CCSC1)c1cccc(C#N)c1. The van der Waals surface area contributed by atoms with E-state index < -0.39 is 0 Å². The van der Waals surface area contributed by atoms with Crippen molar-refractivity contribution in [3.63, 3.8) is 0 Å². The van der Waals surface area contributed by atoms with Crippen LogP contribution < -0.4 is 5.32 Å². The molecule has 2 unspecified atom stereocenters. The van der Waals surface area contributed by atoms with Crippen LogP contribution in [-0.4, -0.2) is 17.5 Å². The van der Waals surface area contributed by atoms with Crippen LogP contribution in [0.15, 0.2) is 24.3 Å². The van der Waals surface area contributed by atoms with Gasteiger partial charge in [0, 0.05) is 17.8 Å². The number of rotatable bonds is 3. The molecule has 0 bridgehead atoms. The predicted molar refractivity (Wildman–Crippen MR) is 68.4 cm³/mol. The summed E-state index contributed by atoms with van der Waals surface area (Å²) in [5, 5.41) is 12.5. The van der Waals surface area contributed by atoms with Crippen LogP contribution >= 0.6 is 11.8 Å². The number of hydrogen-bond acceptors (Lipinski definition) is 3. The average molecular weight is 232 g/mol. The van der Waals surface area contributed by atoms with Crippen LogP contribution in [0.1, 0.15) is 30.5 Å². The van der Waals surface area contributed by atoms with Crippen LogP contribution in [0.4, 0.5) is 0 Å². The van der Waals surface area contributed by atoms with Crippen LogP contribution in [0.25, 0.3) is 0 Å². The molecule has 84 valence electrons. The van der Waals surface area contributed by atoms with Gasteiger partial charge in [0.25, 0.3) is 0 Å². The van der Waals surface area contributed by atoms with Crippen LogP contribution in [0.3, 0.4) is 0 Å². The second kappa shape index (κ2) is 5.38. The van der Waals surface area contributed by atoms with Crippen molar-refractivity contribution in [2.75, 3.05) is 11.5 Å². The summed E-state index contributed by atoms with van der Waals surface area (Å²) in [4.78, 5) is 0. The maximum Gasteiger partial charge on any atom is 0.0991 e. The summed E-state index contributed by atoms with van der Waals surface area (Å²) in [6, 6.07) is 11.0. The zero-order chi connectivity index (χ0) is 11.4. The molecular weight excluding hydrogens is 216 g/mol. The van der Waals surface area contributed by atoms with Gasteiger partial charge < -0.3 is 5.32 Å². The van der Waals surface area contributed by atoms with Gasteiger partial charge in [-0.1, -0.05) is 12.1 Å². The monoisotopic (exact) mass is 232 g/mol. The van der Waals surface area contributed by atoms with Crippen LogP contribution in [0.5, 0.6) is 0 Å². The van der Waals surface area contributed by atoms with E-state index in [1.54, 1.807) is 0 Å². The predicted octanol–water partition coefficient (Wildman–Crippen LogP) is 2.71. The Morgan fingerprint density at radius 1 is 1.56 bits per heavy atom. The quantitative estimate of drug-likeness (QED) is 0.870. The molecule has 16 heavy (non-hydrogen) atoms. The van der Waals surface area contributed by atoms with Crippen molar-refractivity contribution in [1.82, 2.24) is 5.32 Å². The molecule has 0 saturated carbocycles. The molecule has 2 nitrogen and oxygen atoms in total. The zero-order valence-corrected chi connectivity index (χ0v) is 10.3. The minimum absolute atomic E-state index is 0.331. The highest BCUT2D eigenvalue weighted by molar-refractivity contribution is 7.99. The van der Waals surface area contributed by atoms with Crippen LogP contribution in [0, 0.1) is 11.3 Å².